The van der Waals surface area contributed by atoms with E-state index in [-0.39, 0.29) is 17.4 Å². The van der Waals surface area contributed by atoms with Crippen LogP contribution in [0.1, 0.15) is 33.8 Å². The average molecular weight is 405 g/mol. The van der Waals surface area contributed by atoms with Gasteiger partial charge in [0.1, 0.15) is 5.76 Å². The Bertz CT molecular complexity index is 1120. The van der Waals surface area contributed by atoms with Gasteiger partial charge in [0.25, 0.3) is 17.5 Å². The number of carbonyl (C=O) groups is 2. The Morgan fingerprint density at radius 1 is 1.00 bits per heavy atom. The van der Waals surface area contributed by atoms with Gasteiger partial charge < -0.3 is 14.6 Å². The predicted octanol–water partition coefficient (Wildman–Crippen LogP) is 4.34. The number of nitrogens with one attached hydrogen (secondary N) is 1. The van der Waals surface area contributed by atoms with E-state index in [1.807, 2.05) is 0 Å². The second kappa shape index (κ2) is 8.20. The highest BCUT2D eigenvalue weighted by molar-refractivity contribution is 6.08. The Morgan fingerprint density at radius 2 is 1.77 bits per heavy atom. The Balaban J connectivity index is 1.54. The normalized spacial score (nSPS) is 13.3. The fourth-order valence-corrected chi connectivity index (χ4v) is 3.44. The van der Waals surface area contributed by atoms with E-state index in [4.69, 9.17) is 4.42 Å². The van der Waals surface area contributed by atoms with Crippen LogP contribution < -0.4 is 5.32 Å². The van der Waals surface area contributed by atoms with Gasteiger partial charge in [0.2, 0.25) is 0 Å². The first-order valence-corrected chi connectivity index (χ1v) is 9.57. The van der Waals surface area contributed by atoms with Crippen molar-refractivity contribution in [2.45, 2.75) is 12.8 Å². The molecule has 3 aromatic rings. The zero-order valence-electron chi connectivity index (χ0n) is 16.0. The van der Waals surface area contributed by atoms with E-state index in [1.54, 1.807) is 47.4 Å². The molecule has 8 nitrogen and oxygen atoms in total. The largest absolute Gasteiger partial charge is 0.451 e. The van der Waals surface area contributed by atoms with Crippen LogP contribution in [0.5, 0.6) is 0 Å². The van der Waals surface area contributed by atoms with Crippen LogP contribution in [0.4, 0.5) is 11.4 Å². The van der Waals surface area contributed by atoms with Crippen LogP contribution in [0.25, 0.3) is 11.3 Å². The van der Waals surface area contributed by atoms with Gasteiger partial charge in [-0.15, -0.1) is 0 Å². The number of nitro groups is 1. The van der Waals surface area contributed by atoms with Crippen molar-refractivity contribution in [2.24, 2.45) is 0 Å². The van der Waals surface area contributed by atoms with Gasteiger partial charge >= 0.3 is 0 Å². The maximum atomic E-state index is 12.8. The van der Waals surface area contributed by atoms with Gasteiger partial charge in [-0.05, 0) is 37.1 Å². The summed E-state index contributed by atoms with van der Waals surface area (Å²) in [7, 11) is 0. The van der Waals surface area contributed by atoms with Crippen molar-refractivity contribution in [3.8, 4) is 11.3 Å². The maximum absolute atomic E-state index is 12.8. The van der Waals surface area contributed by atoms with E-state index in [1.165, 1.54) is 18.2 Å². The molecule has 2 heterocycles. The average Bonchev–Trinajstić information content (AvgIpc) is 3.46. The summed E-state index contributed by atoms with van der Waals surface area (Å²) in [6.07, 6.45) is 1.96. The lowest BCUT2D eigenvalue weighted by molar-refractivity contribution is -0.384. The minimum Gasteiger partial charge on any atom is -0.451 e. The van der Waals surface area contributed by atoms with Gasteiger partial charge in [0.05, 0.1) is 16.2 Å². The van der Waals surface area contributed by atoms with Crippen molar-refractivity contribution in [1.29, 1.82) is 0 Å². The molecule has 4 rings (SSSR count). The molecule has 152 valence electrons. The monoisotopic (exact) mass is 405 g/mol. The molecule has 1 N–H and O–H groups in total. The number of nitro benzene ring substituents is 1. The number of likely N-dealkylation sites (tertiary alicyclic amines) is 1. The van der Waals surface area contributed by atoms with Crippen LogP contribution in [0, 0.1) is 10.1 Å². The molecule has 0 saturated carbocycles. The molecule has 2 amide bonds. The highest BCUT2D eigenvalue weighted by atomic mass is 16.6. The van der Waals surface area contributed by atoms with Crippen molar-refractivity contribution >= 4 is 23.2 Å². The molecule has 8 heteroatoms. The highest BCUT2D eigenvalue weighted by Crippen LogP contribution is 2.27. The quantitative estimate of drug-likeness (QED) is 0.502. The van der Waals surface area contributed by atoms with Gasteiger partial charge in [0, 0.05) is 30.8 Å². The summed E-state index contributed by atoms with van der Waals surface area (Å²) in [5.41, 5.74) is 1.27. The number of carbonyl (C=O) groups excluding carboxylic acids is 2. The van der Waals surface area contributed by atoms with E-state index >= 15 is 0 Å². The molecule has 2 aromatic carbocycles. The molecular weight excluding hydrogens is 386 g/mol. The lowest BCUT2D eigenvalue weighted by Crippen LogP contribution is -2.28. The van der Waals surface area contributed by atoms with Gasteiger partial charge in [-0.2, -0.15) is 0 Å². The number of hydrogen-bond acceptors (Lipinski definition) is 5. The molecule has 0 spiro atoms. The molecule has 0 radical (unpaired) electrons. The Kier molecular flexibility index (Phi) is 5.30. The third-order valence-electron chi connectivity index (χ3n) is 4.97. The molecule has 30 heavy (non-hydrogen) atoms. The first-order chi connectivity index (χ1) is 14.5. The van der Waals surface area contributed by atoms with Crippen LogP contribution in [0.3, 0.4) is 0 Å². The standard InChI is InChI=1S/C22H19N3O5/c26-21(20-11-10-19(30-20)15-6-5-7-16(14-15)25(28)29)23-18-9-2-1-8-17(18)22(27)24-12-3-4-13-24/h1-2,5-11,14H,3-4,12-13H2,(H,23,26). The molecule has 1 fully saturated rings. The number of non-ortho nitro benzene ring substituents is 1. The van der Waals surface area contributed by atoms with Gasteiger partial charge in [-0.3, -0.25) is 19.7 Å². The second-order valence-electron chi connectivity index (χ2n) is 6.97. The van der Waals surface area contributed by atoms with Crippen molar-refractivity contribution in [3.05, 3.63) is 82.1 Å². The van der Waals surface area contributed by atoms with E-state index in [0.29, 0.717) is 35.7 Å². The lowest BCUT2D eigenvalue weighted by Gasteiger charge is -2.17. The van der Waals surface area contributed by atoms with Crippen molar-refractivity contribution in [2.75, 3.05) is 18.4 Å². The van der Waals surface area contributed by atoms with Gasteiger partial charge in [-0.25, -0.2) is 0 Å². The van der Waals surface area contributed by atoms with Crippen LogP contribution in [0.2, 0.25) is 0 Å². The number of rotatable bonds is 5. The zero-order valence-corrected chi connectivity index (χ0v) is 16.0. The smallest absolute Gasteiger partial charge is 0.291 e. The molecular formula is C22H19N3O5. The van der Waals surface area contributed by atoms with Crippen LogP contribution in [-0.4, -0.2) is 34.7 Å². The molecule has 1 saturated heterocycles. The first kappa shape index (κ1) is 19.4. The summed E-state index contributed by atoms with van der Waals surface area (Å²) in [5, 5.41) is 13.7. The summed E-state index contributed by atoms with van der Waals surface area (Å²) < 4.78 is 5.61. The van der Waals surface area contributed by atoms with Crippen molar-refractivity contribution in [1.82, 2.24) is 4.90 Å². The predicted molar refractivity (Wildman–Crippen MR) is 110 cm³/mol. The molecule has 1 aliphatic rings. The topological polar surface area (TPSA) is 106 Å². The zero-order chi connectivity index (χ0) is 21.1. The molecule has 0 unspecified atom stereocenters. The van der Waals surface area contributed by atoms with Crippen LogP contribution >= 0.6 is 0 Å². The fourth-order valence-electron chi connectivity index (χ4n) is 3.44. The summed E-state index contributed by atoms with van der Waals surface area (Å²) in [5.74, 6) is -0.237. The summed E-state index contributed by atoms with van der Waals surface area (Å²) in [6.45, 7) is 1.43. The first-order valence-electron chi connectivity index (χ1n) is 9.57. The number of amides is 2. The molecule has 1 aliphatic heterocycles. The molecule has 0 aliphatic carbocycles. The Hall–Kier alpha value is -3.94. The Labute approximate surface area is 172 Å². The third kappa shape index (κ3) is 3.93. The van der Waals surface area contributed by atoms with Gasteiger partial charge in [0.15, 0.2) is 5.76 Å². The number of benzene rings is 2. The number of nitrogens with zero attached hydrogens (tertiary/aromatic N) is 2. The van der Waals surface area contributed by atoms with E-state index in [0.717, 1.165) is 12.8 Å². The summed E-state index contributed by atoms with van der Waals surface area (Å²) >= 11 is 0. The SMILES string of the molecule is O=C(Nc1ccccc1C(=O)N1CCCC1)c1ccc(-c2cccc([N+](=O)[O-])c2)o1. The van der Waals surface area contributed by atoms with E-state index < -0.39 is 10.8 Å². The minimum atomic E-state index is -0.506. The molecule has 0 atom stereocenters. The molecule has 1 aromatic heterocycles. The minimum absolute atomic E-state index is 0.0416. The highest BCUT2D eigenvalue weighted by Gasteiger charge is 2.23. The third-order valence-corrected chi connectivity index (χ3v) is 4.97. The van der Waals surface area contributed by atoms with E-state index in [9.17, 15) is 19.7 Å². The number of furan rings is 1. The van der Waals surface area contributed by atoms with Crippen LogP contribution in [0.15, 0.2) is 65.1 Å². The molecule has 0 bridgehead atoms. The van der Waals surface area contributed by atoms with Crippen molar-refractivity contribution < 1.29 is 18.9 Å². The Morgan fingerprint density at radius 3 is 2.53 bits per heavy atom. The maximum Gasteiger partial charge on any atom is 0.291 e. The van der Waals surface area contributed by atoms with Crippen molar-refractivity contribution in [3.63, 3.8) is 0 Å². The number of hydrogen-bond donors (Lipinski definition) is 1. The second-order valence-corrected chi connectivity index (χ2v) is 6.97. The number of para-hydroxylation sites is 1. The summed E-state index contributed by atoms with van der Waals surface area (Å²) in [6, 6.07) is 15.9. The lowest BCUT2D eigenvalue weighted by atomic mass is 10.1. The van der Waals surface area contributed by atoms with Crippen LogP contribution in [-0.2, 0) is 0 Å². The number of anilines is 1. The van der Waals surface area contributed by atoms with E-state index in [2.05, 4.69) is 5.32 Å². The fraction of sp³-hybridized carbons (Fsp3) is 0.182. The van der Waals surface area contributed by atoms with Gasteiger partial charge in [-0.1, -0.05) is 24.3 Å². The summed E-state index contributed by atoms with van der Waals surface area (Å²) in [4.78, 5) is 37.7.